The van der Waals surface area contributed by atoms with Gasteiger partial charge in [-0.05, 0) is 46.9 Å². The molecule has 4 heteroatoms. The third-order valence-electron chi connectivity index (χ3n) is 3.20. The summed E-state index contributed by atoms with van der Waals surface area (Å²) >= 11 is 0. The zero-order valence-corrected chi connectivity index (χ0v) is 14.1. The summed E-state index contributed by atoms with van der Waals surface area (Å²) in [5.74, 6) is 0.125. The number of nitrogen functional groups attached to an aromatic ring is 1. The predicted molar refractivity (Wildman–Crippen MR) is 89.7 cm³/mol. The van der Waals surface area contributed by atoms with Crippen molar-refractivity contribution in [3.63, 3.8) is 0 Å². The van der Waals surface area contributed by atoms with Gasteiger partial charge >= 0.3 is 0 Å². The molecule has 0 aliphatic rings. The van der Waals surface area contributed by atoms with Crippen LogP contribution in [0.1, 0.15) is 58.2 Å². The Bertz CT molecular complexity index is 497. The van der Waals surface area contributed by atoms with Gasteiger partial charge in [0.15, 0.2) is 5.84 Å². The van der Waals surface area contributed by atoms with Crippen molar-refractivity contribution in [2.45, 2.75) is 54.4 Å². The summed E-state index contributed by atoms with van der Waals surface area (Å²) < 4.78 is 0. The van der Waals surface area contributed by atoms with Crippen molar-refractivity contribution >= 4 is 11.5 Å². The number of nitrogens with two attached hydrogens (primary N) is 2. The van der Waals surface area contributed by atoms with Crippen molar-refractivity contribution in [2.24, 2.45) is 21.7 Å². The average Bonchev–Trinajstić information content (AvgIpc) is 2.29. The van der Waals surface area contributed by atoms with Crippen LogP contribution in [0.5, 0.6) is 0 Å². The molecule has 0 spiro atoms. The second-order valence-corrected chi connectivity index (χ2v) is 8.17. The number of nitrogens with zero attached hydrogens (tertiary/aromatic N) is 1. The molecule has 0 aromatic heterocycles. The molecule has 118 valence electrons. The molecule has 1 rings (SSSR count). The molecule has 1 aromatic carbocycles. The highest BCUT2D eigenvalue weighted by Gasteiger charge is 2.20. The highest BCUT2D eigenvalue weighted by atomic mass is 16.4. The maximum atomic E-state index is 8.94. The first-order valence-corrected chi connectivity index (χ1v) is 7.32. The van der Waals surface area contributed by atoms with Crippen molar-refractivity contribution in [1.29, 1.82) is 0 Å². The number of rotatable bonds is 3. The van der Waals surface area contributed by atoms with E-state index in [9.17, 15) is 0 Å². The third-order valence-corrected chi connectivity index (χ3v) is 3.20. The van der Waals surface area contributed by atoms with Crippen LogP contribution in [0.4, 0.5) is 5.69 Å². The molecule has 0 aliphatic heterocycles. The Morgan fingerprint density at radius 3 is 1.67 bits per heavy atom. The fraction of sp³-hybridized carbons (Fsp3) is 0.588. The van der Waals surface area contributed by atoms with Gasteiger partial charge in [0.1, 0.15) is 0 Å². The first kappa shape index (κ1) is 17.3. The molecule has 0 heterocycles. The van der Waals surface area contributed by atoms with Crippen LogP contribution >= 0.6 is 0 Å². The largest absolute Gasteiger partial charge is 0.409 e. The Morgan fingerprint density at radius 1 is 1.00 bits per heavy atom. The van der Waals surface area contributed by atoms with E-state index >= 15 is 0 Å². The molecule has 0 aliphatic carbocycles. The van der Waals surface area contributed by atoms with Crippen molar-refractivity contribution in [3.8, 4) is 0 Å². The van der Waals surface area contributed by atoms with E-state index in [1.165, 1.54) is 0 Å². The van der Waals surface area contributed by atoms with E-state index in [-0.39, 0.29) is 16.7 Å². The van der Waals surface area contributed by atoms with E-state index in [4.69, 9.17) is 16.7 Å². The molecule has 0 bridgehead atoms. The van der Waals surface area contributed by atoms with Crippen molar-refractivity contribution in [3.05, 3.63) is 28.8 Å². The molecule has 1 aromatic rings. The van der Waals surface area contributed by atoms with Crippen molar-refractivity contribution in [2.75, 3.05) is 5.73 Å². The molecule has 5 N–H and O–H groups in total. The van der Waals surface area contributed by atoms with Crippen LogP contribution in [-0.4, -0.2) is 11.0 Å². The summed E-state index contributed by atoms with van der Waals surface area (Å²) in [7, 11) is 0. The van der Waals surface area contributed by atoms with Gasteiger partial charge in [0.25, 0.3) is 0 Å². The van der Waals surface area contributed by atoms with Crippen LogP contribution in [0.2, 0.25) is 0 Å². The van der Waals surface area contributed by atoms with Gasteiger partial charge < -0.3 is 16.7 Å². The average molecular weight is 291 g/mol. The van der Waals surface area contributed by atoms with Gasteiger partial charge in [-0.15, -0.1) is 0 Å². The van der Waals surface area contributed by atoms with Crippen LogP contribution in [0.15, 0.2) is 17.3 Å². The number of hydrogen-bond donors (Lipinski definition) is 3. The molecule has 0 amide bonds. The summed E-state index contributed by atoms with van der Waals surface area (Å²) in [5, 5.41) is 12.1. The van der Waals surface area contributed by atoms with E-state index in [2.05, 4.69) is 46.7 Å². The minimum Gasteiger partial charge on any atom is -0.409 e. The zero-order chi connectivity index (χ0) is 16.4. The number of hydrogen-bond acceptors (Lipinski definition) is 3. The second kappa shape index (κ2) is 5.96. The minimum atomic E-state index is 0.122. The Hall–Kier alpha value is -1.71. The normalized spacial score (nSPS) is 13.5. The standard InChI is InChI=1S/C17H29N3O/c1-16(2,3)9-12-7-11(15(19)20-21)8-13(14(12)18)10-17(4,5)6/h7-8,21H,9-10,18H2,1-6H3,(H2,19,20). The number of benzene rings is 1. The minimum absolute atomic E-state index is 0.122. The van der Waals surface area contributed by atoms with Gasteiger partial charge in [-0.1, -0.05) is 46.7 Å². The number of amidine groups is 1. The number of anilines is 1. The highest BCUT2D eigenvalue weighted by molar-refractivity contribution is 5.98. The number of oxime groups is 1. The van der Waals surface area contributed by atoms with Crippen LogP contribution in [0.25, 0.3) is 0 Å². The molecule has 0 saturated carbocycles. The van der Waals surface area contributed by atoms with E-state index < -0.39 is 0 Å². The lowest BCUT2D eigenvalue weighted by Crippen LogP contribution is -2.19. The molecule has 0 fully saturated rings. The Kier molecular flexibility index (Phi) is 4.92. The first-order chi connectivity index (χ1) is 9.43. The van der Waals surface area contributed by atoms with E-state index in [0.29, 0.717) is 0 Å². The maximum absolute atomic E-state index is 8.94. The van der Waals surface area contributed by atoms with Gasteiger partial charge in [0, 0.05) is 11.3 Å². The Morgan fingerprint density at radius 2 is 1.38 bits per heavy atom. The summed E-state index contributed by atoms with van der Waals surface area (Å²) in [6.45, 7) is 13.0. The SMILES string of the molecule is CC(C)(C)Cc1cc(/C(N)=N/O)cc(CC(C)(C)C)c1N. The van der Waals surface area contributed by atoms with Crippen LogP contribution < -0.4 is 11.5 Å². The monoisotopic (exact) mass is 291 g/mol. The molecule has 0 radical (unpaired) electrons. The van der Waals surface area contributed by atoms with Crippen molar-refractivity contribution < 1.29 is 5.21 Å². The molecule has 0 unspecified atom stereocenters. The zero-order valence-electron chi connectivity index (χ0n) is 14.1. The van der Waals surface area contributed by atoms with E-state index in [0.717, 1.165) is 35.2 Å². The lowest BCUT2D eigenvalue weighted by Gasteiger charge is -2.24. The van der Waals surface area contributed by atoms with Gasteiger partial charge in [-0.25, -0.2) is 0 Å². The van der Waals surface area contributed by atoms with E-state index in [1.54, 1.807) is 0 Å². The first-order valence-electron chi connectivity index (χ1n) is 7.32. The van der Waals surface area contributed by atoms with Gasteiger partial charge in [0.05, 0.1) is 0 Å². The summed E-state index contributed by atoms with van der Waals surface area (Å²) in [5.41, 5.74) is 16.1. The highest BCUT2D eigenvalue weighted by Crippen LogP contribution is 2.31. The summed E-state index contributed by atoms with van der Waals surface area (Å²) in [6.07, 6.45) is 1.70. The molecular formula is C17H29N3O. The summed E-state index contributed by atoms with van der Waals surface area (Å²) in [6, 6.07) is 3.86. The fourth-order valence-electron chi connectivity index (χ4n) is 2.42. The fourth-order valence-corrected chi connectivity index (χ4v) is 2.42. The van der Waals surface area contributed by atoms with Gasteiger partial charge in [0.2, 0.25) is 0 Å². The summed E-state index contributed by atoms with van der Waals surface area (Å²) in [4.78, 5) is 0. The Labute approximate surface area is 128 Å². The molecule has 0 saturated heterocycles. The van der Waals surface area contributed by atoms with Gasteiger partial charge in [-0.3, -0.25) is 0 Å². The lowest BCUT2D eigenvalue weighted by atomic mass is 9.82. The molecule has 4 nitrogen and oxygen atoms in total. The second-order valence-electron chi connectivity index (χ2n) is 8.17. The smallest absolute Gasteiger partial charge is 0.170 e. The predicted octanol–water partition coefficient (Wildman–Crippen LogP) is 3.54. The maximum Gasteiger partial charge on any atom is 0.170 e. The molecule has 0 atom stereocenters. The molecule has 21 heavy (non-hydrogen) atoms. The third kappa shape index (κ3) is 5.29. The van der Waals surface area contributed by atoms with Crippen molar-refractivity contribution in [1.82, 2.24) is 0 Å². The lowest BCUT2D eigenvalue weighted by molar-refractivity contribution is 0.318. The topological polar surface area (TPSA) is 84.6 Å². The van der Waals surface area contributed by atoms with Crippen LogP contribution in [-0.2, 0) is 12.8 Å². The quantitative estimate of drug-likeness (QED) is 0.262. The van der Waals surface area contributed by atoms with Gasteiger partial charge in [-0.2, -0.15) is 0 Å². The Balaban J connectivity index is 3.39. The molecular weight excluding hydrogens is 262 g/mol. The van der Waals surface area contributed by atoms with Crippen LogP contribution in [0, 0.1) is 10.8 Å². The van der Waals surface area contributed by atoms with E-state index in [1.807, 2.05) is 12.1 Å². The van der Waals surface area contributed by atoms with Crippen LogP contribution in [0.3, 0.4) is 0 Å².